The molecule has 2 rings (SSSR count). The molecular formula is C15H19N3O. The van der Waals surface area contributed by atoms with E-state index in [-0.39, 0.29) is 5.78 Å². The fourth-order valence-corrected chi connectivity index (χ4v) is 2.10. The van der Waals surface area contributed by atoms with Crippen LogP contribution in [0.4, 0.5) is 5.69 Å². The summed E-state index contributed by atoms with van der Waals surface area (Å²) in [6.07, 6.45) is 1.79. The molecule has 0 fully saturated rings. The number of aryl methyl sites for hydroxylation is 2. The summed E-state index contributed by atoms with van der Waals surface area (Å²) in [4.78, 5) is 11.6. The molecule has 1 aromatic carbocycles. The van der Waals surface area contributed by atoms with Crippen LogP contribution in [-0.4, -0.2) is 15.6 Å². The van der Waals surface area contributed by atoms with Crippen LogP contribution in [-0.2, 0) is 12.8 Å². The zero-order valence-electron chi connectivity index (χ0n) is 11.6. The van der Waals surface area contributed by atoms with Gasteiger partial charge in [-0.3, -0.25) is 4.79 Å². The topological polar surface area (TPSA) is 60.9 Å². The number of carbonyl (C=O) groups excluding carboxylic acids is 1. The Labute approximate surface area is 113 Å². The second-order valence-corrected chi connectivity index (χ2v) is 4.57. The van der Waals surface area contributed by atoms with Crippen LogP contribution in [0.25, 0.3) is 5.69 Å². The second-order valence-electron chi connectivity index (χ2n) is 4.57. The number of nitrogen functional groups attached to an aromatic ring is 1. The summed E-state index contributed by atoms with van der Waals surface area (Å²) in [5.41, 5.74) is 9.95. The monoisotopic (exact) mass is 257 g/mol. The molecule has 4 heteroatoms. The number of benzene rings is 1. The van der Waals surface area contributed by atoms with Crippen molar-refractivity contribution in [2.24, 2.45) is 0 Å². The van der Waals surface area contributed by atoms with Gasteiger partial charge in [0, 0.05) is 16.9 Å². The van der Waals surface area contributed by atoms with E-state index in [0.717, 1.165) is 29.9 Å². The molecule has 19 heavy (non-hydrogen) atoms. The highest BCUT2D eigenvalue weighted by atomic mass is 16.1. The molecule has 2 N–H and O–H groups in total. The van der Waals surface area contributed by atoms with Gasteiger partial charge in [0.15, 0.2) is 5.78 Å². The molecule has 0 aliphatic carbocycles. The Kier molecular flexibility index (Phi) is 3.69. The number of nitrogens with zero attached hydrogens (tertiary/aromatic N) is 2. The average molecular weight is 257 g/mol. The maximum atomic E-state index is 11.6. The van der Waals surface area contributed by atoms with Crippen molar-refractivity contribution in [2.45, 2.75) is 33.6 Å². The summed E-state index contributed by atoms with van der Waals surface area (Å²) in [7, 11) is 0. The molecule has 0 atom stereocenters. The highest BCUT2D eigenvalue weighted by molar-refractivity contribution is 5.99. The van der Waals surface area contributed by atoms with Gasteiger partial charge in [-0.25, -0.2) is 4.68 Å². The minimum atomic E-state index is -0.0275. The predicted molar refractivity (Wildman–Crippen MR) is 76.7 cm³/mol. The maximum Gasteiger partial charge on any atom is 0.161 e. The normalized spacial score (nSPS) is 10.7. The fraction of sp³-hybridized carbons (Fsp3) is 0.333. The third kappa shape index (κ3) is 2.52. The molecular weight excluding hydrogens is 238 g/mol. The molecule has 0 unspecified atom stereocenters. The van der Waals surface area contributed by atoms with Crippen molar-refractivity contribution in [1.29, 1.82) is 0 Å². The molecule has 100 valence electrons. The van der Waals surface area contributed by atoms with Gasteiger partial charge in [0.2, 0.25) is 0 Å². The average Bonchev–Trinajstić information content (AvgIpc) is 2.82. The quantitative estimate of drug-likeness (QED) is 0.676. The van der Waals surface area contributed by atoms with Gasteiger partial charge in [-0.15, -0.1) is 0 Å². The first-order chi connectivity index (χ1) is 9.06. The molecule has 0 bridgehead atoms. The van der Waals surface area contributed by atoms with Crippen molar-refractivity contribution in [3.63, 3.8) is 0 Å². The number of carbonyl (C=O) groups is 1. The van der Waals surface area contributed by atoms with E-state index in [9.17, 15) is 4.79 Å². The molecule has 0 aliphatic rings. The highest BCUT2D eigenvalue weighted by Gasteiger charge is 2.11. The van der Waals surface area contributed by atoms with Gasteiger partial charge in [0.1, 0.15) is 0 Å². The van der Waals surface area contributed by atoms with E-state index in [1.807, 2.05) is 16.8 Å². The zero-order chi connectivity index (χ0) is 14.0. The van der Waals surface area contributed by atoms with Crippen molar-refractivity contribution < 1.29 is 4.79 Å². The molecule has 0 saturated carbocycles. The lowest BCUT2D eigenvalue weighted by atomic mass is 10.1. The molecule has 1 heterocycles. The van der Waals surface area contributed by atoms with Gasteiger partial charge in [0.05, 0.1) is 11.4 Å². The Hall–Kier alpha value is -2.10. The third-order valence-electron chi connectivity index (χ3n) is 3.22. The molecule has 0 spiro atoms. The van der Waals surface area contributed by atoms with E-state index in [1.165, 1.54) is 6.92 Å². The third-order valence-corrected chi connectivity index (χ3v) is 3.22. The van der Waals surface area contributed by atoms with Crippen molar-refractivity contribution in [1.82, 2.24) is 9.78 Å². The van der Waals surface area contributed by atoms with Crippen LogP contribution >= 0.6 is 0 Å². The van der Waals surface area contributed by atoms with E-state index in [1.54, 1.807) is 6.07 Å². The fourth-order valence-electron chi connectivity index (χ4n) is 2.10. The Morgan fingerprint density at radius 1 is 1.26 bits per heavy atom. The molecule has 0 amide bonds. The first-order valence-corrected chi connectivity index (χ1v) is 6.55. The lowest BCUT2D eigenvalue weighted by Crippen LogP contribution is -2.05. The molecule has 0 aliphatic heterocycles. The highest BCUT2D eigenvalue weighted by Crippen LogP contribution is 2.20. The van der Waals surface area contributed by atoms with E-state index in [2.05, 4.69) is 25.0 Å². The minimum Gasteiger partial charge on any atom is -0.398 e. The second kappa shape index (κ2) is 5.26. The number of aromatic nitrogens is 2. The molecule has 0 radical (unpaired) electrons. The summed E-state index contributed by atoms with van der Waals surface area (Å²) < 4.78 is 1.89. The van der Waals surface area contributed by atoms with Crippen LogP contribution < -0.4 is 5.73 Å². The van der Waals surface area contributed by atoms with Gasteiger partial charge in [-0.2, -0.15) is 5.10 Å². The Bertz CT molecular complexity index is 614. The van der Waals surface area contributed by atoms with Crippen LogP contribution in [0, 0.1) is 0 Å². The van der Waals surface area contributed by atoms with Gasteiger partial charge in [0.25, 0.3) is 0 Å². The lowest BCUT2D eigenvalue weighted by Gasteiger charge is -2.09. The molecule has 2 aromatic rings. The predicted octanol–water partition coefficient (Wildman–Crippen LogP) is 2.78. The van der Waals surface area contributed by atoms with E-state index in [4.69, 9.17) is 5.73 Å². The van der Waals surface area contributed by atoms with E-state index >= 15 is 0 Å². The first kappa shape index (κ1) is 13.3. The van der Waals surface area contributed by atoms with Crippen LogP contribution in [0.2, 0.25) is 0 Å². The van der Waals surface area contributed by atoms with E-state index in [0.29, 0.717) is 11.3 Å². The maximum absolute atomic E-state index is 11.6. The molecule has 0 saturated heterocycles. The van der Waals surface area contributed by atoms with Gasteiger partial charge < -0.3 is 5.73 Å². The van der Waals surface area contributed by atoms with Crippen molar-refractivity contribution >= 4 is 11.5 Å². The van der Waals surface area contributed by atoms with Gasteiger partial charge in [-0.05, 0) is 44.0 Å². The Balaban J connectivity index is 2.55. The van der Waals surface area contributed by atoms with Crippen LogP contribution in [0.3, 0.4) is 0 Å². The van der Waals surface area contributed by atoms with Gasteiger partial charge >= 0.3 is 0 Å². The zero-order valence-corrected chi connectivity index (χ0v) is 11.6. The smallest absolute Gasteiger partial charge is 0.161 e. The number of Topliss-reactive ketones (excluding diaryl/α,β-unsaturated/α-hetero) is 1. The number of hydrogen-bond donors (Lipinski definition) is 1. The standard InChI is InChI=1S/C15H19N3O/c1-4-11-8-12(5-2)18(17-11)13-6-7-15(16)14(9-13)10(3)19/h6-9H,4-5,16H2,1-3H3. The molecule has 1 aromatic heterocycles. The van der Waals surface area contributed by atoms with Crippen LogP contribution in [0.1, 0.15) is 42.5 Å². The van der Waals surface area contributed by atoms with Crippen LogP contribution in [0.5, 0.6) is 0 Å². The summed E-state index contributed by atoms with van der Waals surface area (Å²) in [5.74, 6) is -0.0275. The van der Waals surface area contributed by atoms with Crippen molar-refractivity contribution in [3.05, 3.63) is 41.2 Å². The lowest BCUT2D eigenvalue weighted by molar-refractivity contribution is 0.101. The van der Waals surface area contributed by atoms with Crippen LogP contribution in [0.15, 0.2) is 24.3 Å². The Morgan fingerprint density at radius 2 is 2.00 bits per heavy atom. The summed E-state index contributed by atoms with van der Waals surface area (Å²) in [6.45, 7) is 5.70. The summed E-state index contributed by atoms with van der Waals surface area (Å²) in [6, 6.07) is 7.57. The first-order valence-electron chi connectivity index (χ1n) is 6.55. The van der Waals surface area contributed by atoms with E-state index < -0.39 is 0 Å². The SMILES string of the molecule is CCc1cc(CC)n(-c2ccc(N)c(C(C)=O)c2)n1. The number of anilines is 1. The number of nitrogens with two attached hydrogens (primary N) is 1. The van der Waals surface area contributed by atoms with Crippen molar-refractivity contribution in [3.8, 4) is 5.69 Å². The number of rotatable bonds is 4. The summed E-state index contributed by atoms with van der Waals surface area (Å²) >= 11 is 0. The summed E-state index contributed by atoms with van der Waals surface area (Å²) in [5, 5.41) is 4.56. The van der Waals surface area contributed by atoms with Crippen molar-refractivity contribution in [2.75, 3.05) is 5.73 Å². The van der Waals surface area contributed by atoms with Gasteiger partial charge in [-0.1, -0.05) is 13.8 Å². The Morgan fingerprint density at radius 3 is 2.58 bits per heavy atom. The number of hydrogen-bond acceptors (Lipinski definition) is 3. The molecule has 4 nitrogen and oxygen atoms in total. The number of ketones is 1. The largest absolute Gasteiger partial charge is 0.398 e. The minimum absolute atomic E-state index is 0.0275.